The third-order valence-electron chi connectivity index (χ3n) is 11.4. The van der Waals surface area contributed by atoms with Crippen LogP contribution in [0.3, 0.4) is 0 Å². The summed E-state index contributed by atoms with van der Waals surface area (Å²) in [6.07, 6.45) is 9.99. The molecule has 0 amide bonds. The second-order valence-electron chi connectivity index (χ2n) is 14.7. The molecule has 0 spiro atoms. The van der Waals surface area contributed by atoms with Gasteiger partial charge in [-0.15, -0.1) is 0 Å². The smallest absolute Gasteiger partial charge is 0.164 e. The van der Waals surface area contributed by atoms with Crippen molar-refractivity contribution in [3.8, 4) is 51.0 Å². The number of allylic oxidation sites excluding steroid dienone is 3. The number of aromatic nitrogens is 3. The minimum atomic E-state index is 0.0324. The van der Waals surface area contributed by atoms with Crippen LogP contribution in [-0.4, -0.2) is 21.1 Å². The molecule has 3 heterocycles. The van der Waals surface area contributed by atoms with Crippen LogP contribution in [0.25, 0.3) is 73.3 Å². The van der Waals surface area contributed by atoms with Gasteiger partial charge in [0.1, 0.15) is 23.0 Å². The van der Waals surface area contributed by atoms with Crippen molar-refractivity contribution < 1.29 is 9.15 Å². The van der Waals surface area contributed by atoms with Gasteiger partial charge in [0.2, 0.25) is 0 Å². The second kappa shape index (κ2) is 12.6. The van der Waals surface area contributed by atoms with E-state index >= 15 is 0 Å². The lowest BCUT2D eigenvalue weighted by Gasteiger charge is -2.30. The third-order valence-corrected chi connectivity index (χ3v) is 11.4. The van der Waals surface area contributed by atoms with Gasteiger partial charge in [0.25, 0.3) is 0 Å². The third kappa shape index (κ3) is 5.34. The topological polar surface area (TPSA) is 61.0 Å². The van der Waals surface area contributed by atoms with Crippen LogP contribution in [0.4, 0.5) is 0 Å². The molecule has 2 aromatic heterocycles. The van der Waals surface area contributed by atoms with E-state index < -0.39 is 0 Å². The van der Waals surface area contributed by atoms with E-state index in [1.54, 1.807) is 0 Å². The van der Waals surface area contributed by atoms with E-state index in [0.717, 1.165) is 56.4 Å². The summed E-state index contributed by atoms with van der Waals surface area (Å²) in [7, 11) is 0. The van der Waals surface area contributed by atoms with E-state index in [4.69, 9.17) is 24.1 Å². The van der Waals surface area contributed by atoms with E-state index in [2.05, 4.69) is 134 Å². The zero-order chi connectivity index (χ0) is 36.5. The van der Waals surface area contributed by atoms with Crippen molar-refractivity contribution in [3.63, 3.8) is 0 Å². The van der Waals surface area contributed by atoms with Crippen molar-refractivity contribution in [1.82, 2.24) is 15.0 Å². The van der Waals surface area contributed by atoms with Gasteiger partial charge in [-0.3, -0.25) is 0 Å². The number of hydrogen-bond acceptors (Lipinski definition) is 5. The molecule has 2 aliphatic carbocycles. The lowest BCUT2D eigenvalue weighted by Crippen LogP contribution is -2.22. The Balaban J connectivity index is 1.02. The Hall–Kier alpha value is -6.85. The van der Waals surface area contributed by atoms with Crippen LogP contribution in [0.2, 0.25) is 0 Å². The predicted octanol–water partition coefficient (Wildman–Crippen LogP) is 12.4. The summed E-state index contributed by atoms with van der Waals surface area (Å²) >= 11 is 0. The van der Waals surface area contributed by atoms with Crippen LogP contribution in [-0.2, 0) is 0 Å². The van der Waals surface area contributed by atoms with E-state index in [-0.39, 0.29) is 12.0 Å². The first-order valence-electron chi connectivity index (χ1n) is 19.0. The lowest BCUT2D eigenvalue weighted by molar-refractivity contribution is 0.265. The molecule has 0 radical (unpaired) electrons. The van der Waals surface area contributed by atoms with Gasteiger partial charge in [-0.2, -0.15) is 0 Å². The lowest BCUT2D eigenvalue weighted by atomic mass is 9.74. The fraction of sp³-hybridized carbons (Fsp3) is 0.100. The molecule has 0 fully saturated rings. The quantitative estimate of drug-likeness (QED) is 0.178. The number of fused-ring (bicyclic) bond motifs is 7. The average Bonchev–Trinajstić information content (AvgIpc) is 3.82. The van der Waals surface area contributed by atoms with Crippen LogP contribution in [0.5, 0.6) is 5.75 Å². The summed E-state index contributed by atoms with van der Waals surface area (Å²) in [6, 6.07) is 48.3. The highest BCUT2D eigenvalue weighted by atomic mass is 16.5. The van der Waals surface area contributed by atoms with E-state index in [1.807, 2.05) is 36.4 Å². The standard InChI is InChI=1S/C50H35N3O2/c1-30-27-36(37-15-9-19-44-46(37)38-13-5-7-17-42(38)54-44)28-34-25-26-35(29-41(30)34)49-51-48(33-23-21-32(22-24-33)31-11-3-2-4-12-31)52-50(53-49)40-16-10-20-45-47(40)39-14-6-8-18-43(39)55-45/h2-26,28-30,44,46H,27H2,1H3. The van der Waals surface area contributed by atoms with E-state index in [0.29, 0.717) is 23.4 Å². The Bertz CT molecular complexity index is 2900. The van der Waals surface area contributed by atoms with E-state index in [1.165, 1.54) is 33.4 Å². The first-order chi connectivity index (χ1) is 27.1. The van der Waals surface area contributed by atoms with Crippen LogP contribution >= 0.6 is 0 Å². The molecule has 55 heavy (non-hydrogen) atoms. The number of rotatable bonds is 5. The van der Waals surface area contributed by atoms with Gasteiger partial charge in [0.15, 0.2) is 17.5 Å². The maximum Gasteiger partial charge on any atom is 0.164 e. The minimum Gasteiger partial charge on any atom is -0.485 e. The highest BCUT2D eigenvalue weighted by Gasteiger charge is 2.38. The molecule has 0 N–H and O–H groups in total. The van der Waals surface area contributed by atoms with Crippen molar-refractivity contribution in [2.24, 2.45) is 0 Å². The molecular formula is C50H35N3O2. The van der Waals surface area contributed by atoms with Crippen LogP contribution in [0.15, 0.2) is 173 Å². The summed E-state index contributed by atoms with van der Waals surface area (Å²) in [6.45, 7) is 2.33. The molecule has 11 rings (SSSR count). The Morgan fingerprint density at radius 3 is 2.20 bits per heavy atom. The van der Waals surface area contributed by atoms with Crippen molar-refractivity contribution in [1.29, 1.82) is 0 Å². The Labute approximate surface area is 319 Å². The van der Waals surface area contributed by atoms with E-state index in [9.17, 15) is 0 Å². The molecule has 5 heteroatoms. The maximum absolute atomic E-state index is 6.36. The van der Waals surface area contributed by atoms with Crippen molar-refractivity contribution in [3.05, 3.63) is 186 Å². The van der Waals surface area contributed by atoms with Gasteiger partial charge in [-0.1, -0.05) is 140 Å². The largest absolute Gasteiger partial charge is 0.485 e. The summed E-state index contributed by atoms with van der Waals surface area (Å²) in [5.74, 6) is 3.39. The monoisotopic (exact) mass is 709 g/mol. The number of nitrogens with zero attached hydrogens (tertiary/aromatic N) is 3. The second-order valence-corrected chi connectivity index (χ2v) is 14.7. The highest BCUT2D eigenvalue weighted by Crippen LogP contribution is 2.50. The zero-order valence-electron chi connectivity index (χ0n) is 30.2. The molecule has 3 unspecified atom stereocenters. The van der Waals surface area contributed by atoms with Crippen LogP contribution in [0, 0.1) is 0 Å². The van der Waals surface area contributed by atoms with Crippen molar-refractivity contribution >= 4 is 28.0 Å². The highest BCUT2D eigenvalue weighted by molar-refractivity contribution is 6.11. The summed E-state index contributed by atoms with van der Waals surface area (Å²) in [4.78, 5) is 15.5. The number of furan rings is 1. The predicted molar refractivity (Wildman–Crippen MR) is 221 cm³/mol. The van der Waals surface area contributed by atoms with Crippen LogP contribution in [0.1, 0.15) is 41.9 Å². The molecule has 5 nitrogen and oxygen atoms in total. The molecular weight excluding hydrogens is 675 g/mol. The maximum atomic E-state index is 6.36. The molecule has 262 valence electrons. The normalized spacial score (nSPS) is 18.3. The van der Waals surface area contributed by atoms with Gasteiger partial charge in [0, 0.05) is 33.0 Å². The van der Waals surface area contributed by atoms with Gasteiger partial charge in [-0.05, 0) is 76.1 Å². The molecule has 3 aliphatic rings. The fourth-order valence-electron chi connectivity index (χ4n) is 8.73. The van der Waals surface area contributed by atoms with Crippen molar-refractivity contribution in [2.45, 2.75) is 31.3 Å². The number of benzene rings is 6. The fourth-order valence-corrected chi connectivity index (χ4v) is 8.73. The Kier molecular flexibility index (Phi) is 7.27. The average molecular weight is 710 g/mol. The first-order valence-corrected chi connectivity index (χ1v) is 19.0. The number of para-hydroxylation sites is 2. The Morgan fingerprint density at radius 2 is 1.31 bits per heavy atom. The first kappa shape index (κ1) is 31.7. The van der Waals surface area contributed by atoms with Gasteiger partial charge in [-0.25, -0.2) is 15.0 Å². The molecule has 8 aromatic rings. The van der Waals surface area contributed by atoms with Crippen molar-refractivity contribution in [2.75, 3.05) is 0 Å². The SMILES string of the molecule is CC1CC(C2=CC=CC3Oc4ccccc4C23)=Cc2ccc(-c3nc(-c4ccc(-c5ccccc5)cc4)nc(-c4cccc5oc6ccccc6c45)n3)cc21. The number of ether oxygens (including phenoxy) is 1. The molecule has 0 saturated carbocycles. The van der Waals surface area contributed by atoms with Gasteiger partial charge < -0.3 is 9.15 Å². The molecule has 1 aliphatic heterocycles. The molecule has 0 saturated heterocycles. The zero-order valence-corrected chi connectivity index (χ0v) is 30.2. The van der Waals surface area contributed by atoms with Gasteiger partial charge in [0.05, 0.1) is 5.92 Å². The summed E-state index contributed by atoms with van der Waals surface area (Å²) in [5.41, 5.74) is 13.3. The molecule has 6 aromatic carbocycles. The summed E-state index contributed by atoms with van der Waals surface area (Å²) in [5, 5.41) is 2.04. The molecule has 0 bridgehead atoms. The Morgan fingerprint density at radius 1 is 0.600 bits per heavy atom. The minimum absolute atomic E-state index is 0.0324. The number of hydrogen-bond donors (Lipinski definition) is 0. The molecule has 3 atom stereocenters. The van der Waals surface area contributed by atoms with Crippen LogP contribution < -0.4 is 4.74 Å². The summed E-state index contributed by atoms with van der Waals surface area (Å²) < 4.78 is 12.6. The van der Waals surface area contributed by atoms with Gasteiger partial charge >= 0.3 is 0 Å².